The Morgan fingerprint density at radius 1 is 1.29 bits per heavy atom. The lowest BCUT2D eigenvalue weighted by Crippen LogP contribution is -2.37. The topological polar surface area (TPSA) is 78.4 Å². The molecule has 0 radical (unpaired) electrons. The minimum Gasteiger partial charge on any atom is -0.480 e. The maximum Gasteiger partial charge on any atom is 0.320 e. The zero-order valence-electron chi connectivity index (χ0n) is 8.83. The highest BCUT2D eigenvalue weighted by atomic mass is 16.4. The molecule has 1 atom stereocenters. The molecule has 0 unspecified atom stereocenters. The zero-order valence-corrected chi connectivity index (χ0v) is 8.83. The first-order valence-corrected chi connectivity index (χ1v) is 4.69. The van der Waals surface area contributed by atoms with E-state index < -0.39 is 12.0 Å². The summed E-state index contributed by atoms with van der Waals surface area (Å²) >= 11 is 0. The van der Waals surface area contributed by atoms with Crippen molar-refractivity contribution >= 4 is 11.9 Å². The first-order chi connectivity index (χ1) is 6.43. The molecule has 3 N–H and O–H groups in total. The van der Waals surface area contributed by atoms with E-state index >= 15 is 0 Å². The van der Waals surface area contributed by atoms with Gasteiger partial charge in [-0.3, -0.25) is 9.59 Å². The van der Waals surface area contributed by atoms with Crippen LogP contribution in [0.4, 0.5) is 0 Å². The molecule has 5 nitrogen and oxygen atoms in total. The van der Waals surface area contributed by atoms with Crippen molar-refractivity contribution in [2.45, 2.75) is 39.3 Å². The highest BCUT2D eigenvalue weighted by Crippen LogP contribution is 1.85. The van der Waals surface area contributed by atoms with Gasteiger partial charge in [-0.25, -0.2) is 0 Å². The van der Waals surface area contributed by atoms with Crippen molar-refractivity contribution in [2.24, 2.45) is 0 Å². The summed E-state index contributed by atoms with van der Waals surface area (Å²) in [5.41, 5.74) is 0. The van der Waals surface area contributed by atoms with Crippen LogP contribution in [0.25, 0.3) is 0 Å². The average Bonchev–Trinajstić information content (AvgIpc) is 2.02. The van der Waals surface area contributed by atoms with Gasteiger partial charge in [-0.05, 0) is 20.8 Å². The lowest BCUT2D eigenvalue weighted by atomic mass is 10.3. The van der Waals surface area contributed by atoms with E-state index in [1.165, 1.54) is 0 Å². The molecule has 14 heavy (non-hydrogen) atoms. The predicted molar refractivity (Wildman–Crippen MR) is 53.0 cm³/mol. The van der Waals surface area contributed by atoms with Crippen molar-refractivity contribution in [1.29, 1.82) is 0 Å². The first-order valence-electron chi connectivity index (χ1n) is 4.69. The fourth-order valence-electron chi connectivity index (χ4n) is 0.884. The maximum atomic E-state index is 11.1. The fourth-order valence-corrected chi connectivity index (χ4v) is 0.884. The van der Waals surface area contributed by atoms with Crippen LogP contribution >= 0.6 is 0 Å². The van der Waals surface area contributed by atoms with Gasteiger partial charge in [0, 0.05) is 19.0 Å². The Labute approximate surface area is 83.9 Å². The fraction of sp³-hybridized carbons (Fsp3) is 0.778. The third kappa shape index (κ3) is 6.42. The van der Waals surface area contributed by atoms with Gasteiger partial charge in [-0.1, -0.05) is 0 Å². The van der Waals surface area contributed by atoms with Crippen LogP contribution in [0.15, 0.2) is 0 Å². The van der Waals surface area contributed by atoms with E-state index in [4.69, 9.17) is 5.11 Å². The lowest BCUT2D eigenvalue weighted by molar-refractivity contribution is -0.139. The molecule has 1 amide bonds. The summed E-state index contributed by atoms with van der Waals surface area (Å²) in [6.07, 6.45) is 0.301. The number of carbonyl (C=O) groups is 2. The number of carbonyl (C=O) groups excluding carboxylic acids is 1. The molecule has 0 spiro atoms. The second-order valence-electron chi connectivity index (χ2n) is 3.49. The van der Waals surface area contributed by atoms with Crippen LogP contribution in [0.1, 0.15) is 27.2 Å². The molecule has 0 bridgehead atoms. The molecule has 82 valence electrons. The van der Waals surface area contributed by atoms with Gasteiger partial charge in [0.15, 0.2) is 0 Å². The zero-order chi connectivity index (χ0) is 11.1. The standard InChI is InChI=1S/C9H18N2O3/c1-6(2)11-8(12)4-5-10-7(3)9(13)14/h6-7,10H,4-5H2,1-3H3,(H,11,12)(H,13,14)/t7-/m1/s1. The summed E-state index contributed by atoms with van der Waals surface area (Å²) in [6, 6.07) is -0.485. The number of hydrogen-bond acceptors (Lipinski definition) is 3. The van der Waals surface area contributed by atoms with Crippen LogP contribution in [0.5, 0.6) is 0 Å². The van der Waals surface area contributed by atoms with Crippen molar-refractivity contribution in [3.8, 4) is 0 Å². The molecule has 5 heteroatoms. The van der Waals surface area contributed by atoms with Gasteiger partial charge < -0.3 is 15.7 Å². The first kappa shape index (κ1) is 12.9. The minimum atomic E-state index is -0.908. The molecule has 0 aromatic heterocycles. The van der Waals surface area contributed by atoms with E-state index in [9.17, 15) is 9.59 Å². The van der Waals surface area contributed by atoms with Gasteiger partial charge >= 0.3 is 5.97 Å². The molecular formula is C9H18N2O3. The number of rotatable bonds is 6. The number of carboxylic acids is 1. The van der Waals surface area contributed by atoms with Crippen molar-refractivity contribution in [3.63, 3.8) is 0 Å². The van der Waals surface area contributed by atoms with E-state index in [-0.39, 0.29) is 11.9 Å². The number of aliphatic carboxylic acids is 1. The molecule has 0 fully saturated rings. The molecule has 0 aliphatic rings. The summed E-state index contributed by atoms with van der Waals surface area (Å²) in [7, 11) is 0. The Bertz CT molecular complexity index is 204. The molecule has 0 aliphatic heterocycles. The summed E-state index contributed by atoms with van der Waals surface area (Å²) in [4.78, 5) is 21.5. The Morgan fingerprint density at radius 2 is 1.86 bits per heavy atom. The quantitative estimate of drug-likeness (QED) is 0.565. The molecule has 0 saturated heterocycles. The van der Waals surface area contributed by atoms with Crippen molar-refractivity contribution in [2.75, 3.05) is 6.54 Å². The molecule has 0 saturated carbocycles. The maximum absolute atomic E-state index is 11.1. The minimum absolute atomic E-state index is 0.0647. The Balaban J connectivity index is 3.54. The average molecular weight is 202 g/mol. The van der Waals surface area contributed by atoms with Gasteiger partial charge in [-0.2, -0.15) is 0 Å². The van der Waals surface area contributed by atoms with Crippen LogP contribution in [0.3, 0.4) is 0 Å². The van der Waals surface area contributed by atoms with Gasteiger partial charge in [0.05, 0.1) is 0 Å². The van der Waals surface area contributed by atoms with Gasteiger partial charge in [0.1, 0.15) is 6.04 Å². The number of amides is 1. The van der Waals surface area contributed by atoms with Gasteiger partial charge in [0.25, 0.3) is 0 Å². The number of nitrogens with one attached hydrogen (secondary N) is 2. The highest BCUT2D eigenvalue weighted by molar-refractivity contribution is 5.76. The Hall–Kier alpha value is -1.10. The van der Waals surface area contributed by atoms with Crippen molar-refractivity contribution < 1.29 is 14.7 Å². The molecule has 0 heterocycles. The van der Waals surface area contributed by atoms with Crippen molar-refractivity contribution in [3.05, 3.63) is 0 Å². The molecule has 0 rings (SSSR count). The monoisotopic (exact) mass is 202 g/mol. The third-order valence-corrected chi connectivity index (χ3v) is 1.62. The van der Waals surface area contributed by atoms with E-state index in [1.54, 1.807) is 6.92 Å². The second-order valence-corrected chi connectivity index (χ2v) is 3.49. The van der Waals surface area contributed by atoms with Crippen LogP contribution in [0.2, 0.25) is 0 Å². The van der Waals surface area contributed by atoms with Crippen LogP contribution < -0.4 is 10.6 Å². The molecular weight excluding hydrogens is 184 g/mol. The largest absolute Gasteiger partial charge is 0.480 e. The van der Waals surface area contributed by atoms with Crippen LogP contribution in [-0.4, -0.2) is 35.6 Å². The van der Waals surface area contributed by atoms with Crippen LogP contribution in [0, 0.1) is 0 Å². The van der Waals surface area contributed by atoms with E-state index in [0.717, 1.165) is 0 Å². The Kier molecular flexibility index (Phi) is 5.87. The molecule has 0 aromatic carbocycles. The van der Waals surface area contributed by atoms with Gasteiger partial charge in [0.2, 0.25) is 5.91 Å². The van der Waals surface area contributed by atoms with E-state index in [0.29, 0.717) is 13.0 Å². The molecule has 0 aliphatic carbocycles. The summed E-state index contributed by atoms with van der Waals surface area (Å²) in [6.45, 7) is 5.69. The van der Waals surface area contributed by atoms with Crippen LogP contribution in [-0.2, 0) is 9.59 Å². The summed E-state index contributed by atoms with van der Waals surface area (Å²) < 4.78 is 0. The summed E-state index contributed by atoms with van der Waals surface area (Å²) in [5, 5.41) is 14.0. The smallest absolute Gasteiger partial charge is 0.320 e. The van der Waals surface area contributed by atoms with Gasteiger partial charge in [-0.15, -0.1) is 0 Å². The van der Waals surface area contributed by atoms with E-state index in [1.807, 2.05) is 13.8 Å². The lowest BCUT2D eigenvalue weighted by Gasteiger charge is -2.10. The highest BCUT2D eigenvalue weighted by Gasteiger charge is 2.10. The number of carboxylic acid groups (broad SMARTS) is 1. The predicted octanol–water partition coefficient (Wildman–Crippen LogP) is -0.0362. The third-order valence-electron chi connectivity index (χ3n) is 1.62. The summed E-state index contributed by atoms with van der Waals surface area (Å²) in [5.74, 6) is -0.973. The Morgan fingerprint density at radius 3 is 2.29 bits per heavy atom. The van der Waals surface area contributed by atoms with Crippen molar-refractivity contribution in [1.82, 2.24) is 10.6 Å². The normalized spacial score (nSPS) is 12.6. The second kappa shape index (κ2) is 6.37. The number of hydrogen-bond donors (Lipinski definition) is 3. The SMILES string of the molecule is CC(C)NC(=O)CCN[C@H](C)C(=O)O. The van der Waals surface area contributed by atoms with E-state index in [2.05, 4.69) is 10.6 Å². The molecule has 0 aromatic rings.